The molecule has 0 spiro atoms. The Bertz CT molecular complexity index is 772. The number of hydrazone groups is 1. The third kappa shape index (κ3) is 6.28. The first-order chi connectivity index (χ1) is 12.8. The molecule has 144 valence electrons. The van der Waals surface area contributed by atoms with Gasteiger partial charge in [-0.15, -0.1) is 12.4 Å². The van der Waals surface area contributed by atoms with Crippen molar-refractivity contribution in [2.24, 2.45) is 5.10 Å². The van der Waals surface area contributed by atoms with Crippen molar-refractivity contribution in [3.8, 4) is 5.75 Å². The van der Waals surface area contributed by atoms with Crippen LogP contribution in [0.1, 0.15) is 11.1 Å². The second kappa shape index (κ2) is 11.0. The molecule has 0 amide bonds. The van der Waals surface area contributed by atoms with E-state index in [-0.39, 0.29) is 12.4 Å². The van der Waals surface area contributed by atoms with E-state index in [1.807, 2.05) is 60.8 Å². The smallest absolute Gasteiger partial charge is 0.126 e. The number of nitrogens with zero attached hydrogens (tertiary/aromatic N) is 3. The maximum absolute atomic E-state index is 6.25. The number of ether oxygens (including phenoxy) is 1. The van der Waals surface area contributed by atoms with Crippen LogP contribution in [0.4, 0.5) is 0 Å². The molecule has 0 N–H and O–H groups in total. The average Bonchev–Trinajstić information content (AvgIpc) is 2.68. The predicted octanol–water partition coefficient (Wildman–Crippen LogP) is 4.59. The maximum Gasteiger partial charge on any atom is 0.126 e. The van der Waals surface area contributed by atoms with E-state index in [1.54, 1.807) is 7.11 Å². The highest BCUT2D eigenvalue weighted by molar-refractivity contribution is 6.31. The van der Waals surface area contributed by atoms with Gasteiger partial charge in [0.25, 0.3) is 0 Å². The second-order valence-electron chi connectivity index (χ2n) is 6.19. The molecule has 1 fully saturated rings. The van der Waals surface area contributed by atoms with E-state index >= 15 is 0 Å². The van der Waals surface area contributed by atoms with Crippen LogP contribution in [0.5, 0.6) is 5.75 Å². The number of benzene rings is 2. The minimum absolute atomic E-state index is 0. The van der Waals surface area contributed by atoms with Crippen LogP contribution in [0, 0.1) is 0 Å². The van der Waals surface area contributed by atoms with Crippen LogP contribution in [0.15, 0.2) is 59.7 Å². The van der Waals surface area contributed by atoms with Gasteiger partial charge in [-0.3, -0.25) is 9.91 Å². The van der Waals surface area contributed by atoms with E-state index < -0.39 is 0 Å². The van der Waals surface area contributed by atoms with Crippen LogP contribution in [0.25, 0.3) is 6.08 Å². The molecule has 0 radical (unpaired) electrons. The van der Waals surface area contributed by atoms with Crippen LogP contribution >= 0.6 is 24.0 Å². The number of methoxy groups -OCH3 is 1. The molecule has 0 bridgehead atoms. The van der Waals surface area contributed by atoms with Crippen molar-refractivity contribution in [3.05, 3.63) is 70.8 Å². The third-order valence-electron chi connectivity index (χ3n) is 4.43. The van der Waals surface area contributed by atoms with Gasteiger partial charge in [0.15, 0.2) is 0 Å². The van der Waals surface area contributed by atoms with Crippen LogP contribution < -0.4 is 4.74 Å². The Morgan fingerprint density at radius 3 is 2.48 bits per heavy atom. The zero-order chi connectivity index (χ0) is 18.2. The Morgan fingerprint density at radius 1 is 1.04 bits per heavy atom. The molecule has 2 aromatic rings. The minimum atomic E-state index is 0. The van der Waals surface area contributed by atoms with Crippen LogP contribution in [0.2, 0.25) is 5.02 Å². The molecule has 4 nitrogen and oxygen atoms in total. The average molecular weight is 406 g/mol. The first-order valence-corrected chi connectivity index (χ1v) is 9.18. The highest BCUT2D eigenvalue weighted by atomic mass is 35.5. The van der Waals surface area contributed by atoms with Gasteiger partial charge in [-0.25, -0.2) is 0 Å². The van der Waals surface area contributed by atoms with E-state index in [0.717, 1.165) is 49.1 Å². The lowest BCUT2D eigenvalue weighted by Crippen LogP contribution is -2.43. The van der Waals surface area contributed by atoms with Crippen molar-refractivity contribution < 1.29 is 4.74 Å². The first kappa shape index (κ1) is 21.3. The highest BCUT2D eigenvalue weighted by Crippen LogP contribution is 2.19. The fourth-order valence-corrected chi connectivity index (χ4v) is 3.16. The second-order valence-corrected chi connectivity index (χ2v) is 6.59. The Labute approximate surface area is 172 Å². The molecule has 3 rings (SSSR count). The summed E-state index contributed by atoms with van der Waals surface area (Å²) in [7, 11) is 1.68. The molecule has 0 aromatic heterocycles. The van der Waals surface area contributed by atoms with Crippen molar-refractivity contribution in [2.75, 3.05) is 33.3 Å². The van der Waals surface area contributed by atoms with Crippen molar-refractivity contribution in [2.45, 2.75) is 6.54 Å². The van der Waals surface area contributed by atoms with Gasteiger partial charge in [-0.2, -0.15) is 5.10 Å². The number of hydrogen-bond donors (Lipinski definition) is 0. The largest absolute Gasteiger partial charge is 0.496 e. The molecule has 1 saturated heterocycles. The van der Waals surface area contributed by atoms with Crippen molar-refractivity contribution in [1.82, 2.24) is 9.91 Å². The van der Waals surface area contributed by atoms with Gasteiger partial charge in [0.05, 0.1) is 7.11 Å². The summed E-state index contributed by atoms with van der Waals surface area (Å²) in [5, 5.41) is 7.49. The zero-order valence-electron chi connectivity index (χ0n) is 15.4. The van der Waals surface area contributed by atoms with Crippen molar-refractivity contribution in [3.63, 3.8) is 0 Å². The summed E-state index contributed by atoms with van der Waals surface area (Å²) in [6.45, 7) is 4.70. The molecule has 6 heteroatoms. The van der Waals surface area contributed by atoms with Gasteiger partial charge in [0.2, 0.25) is 0 Å². The topological polar surface area (TPSA) is 28.1 Å². The summed E-state index contributed by atoms with van der Waals surface area (Å²) < 4.78 is 5.34. The molecular weight excluding hydrogens is 381 g/mol. The molecule has 1 heterocycles. The van der Waals surface area contributed by atoms with E-state index in [1.165, 1.54) is 5.56 Å². The van der Waals surface area contributed by atoms with Crippen LogP contribution in [-0.4, -0.2) is 49.4 Å². The Kier molecular flexibility index (Phi) is 8.65. The molecular formula is C21H25Cl2N3O. The lowest BCUT2D eigenvalue weighted by atomic mass is 10.2. The lowest BCUT2D eigenvalue weighted by molar-refractivity contribution is 0.131. The number of halogens is 2. The highest BCUT2D eigenvalue weighted by Gasteiger charge is 2.16. The van der Waals surface area contributed by atoms with Crippen molar-refractivity contribution >= 4 is 36.3 Å². The summed E-state index contributed by atoms with van der Waals surface area (Å²) in [4.78, 5) is 2.41. The molecule has 27 heavy (non-hydrogen) atoms. The molecule has 0 saturated carbocycles. The van der Waals surface area contributed by atoms with Crippen LogP contribution in [0.3, 0.4) is 0 Å². The van der Waals surface area contributed by atoms with Gasteiger partial charge < -0.3 is 4.74 Å². The summed E-state index contributed by atoms with van der Waals surface area (Å²) in [6, 6.07) is 16.0. The quantitative estimate of drug-likeness (QED) is 0.657. The molecule has 0 unspecified atom stereocenters. The number of rotatable bonds is 6. The van der Waals surface area contributed by atoms with Crippen molar-refractivity contribution in [1.29, 1.82) is 0 Å². The number of hydrogen-bond acceptors (Lipinski definition) is 4. The zero-order valence-corrected chi connectivity index (χ0v) is 17.0. The predicted molar refractivity (Wildman–Crippen MR) is 116 cm³/mol. The molecule has 2 aromatic carbocycles. The summed E-state index contributed by atoms with van der Waals surface area (Å²) in [6.07, 6.45) is 5.81. The van der Waals surface area contributed by atoms with Gasteiger partial charge in [-0.1, -0.05) is 48.0 Å². The fraction of sp³-hybridized carbons (Fsp3) is 0.286. The molecule has 0 aliphatic carbocycles. The standard InChI is InChI=1S/C21H24ClN3O.ClH/c1-26-21-11-5-3-7-18(21)9-6-12-23-25-15-13-24(14-16-25)17-19-8-2-4-10-20(19)22;/h2-12H,13-17H2,1H3;1H/b9-6+,23-12?;. The van der Waals surface area contributed by atoms with Gasteiger partial charge in [-0.05, 0) is 29.8 Å². The Hall–Kier alpha value is -2.01. The van der Waals surface area contributed by atoms with E-state index in [4.69, 9.17) is 16.3 Å². The Morgan fingerprint density at radius 2 is 1.74 bits per heavy atom. The summed E-state index contributed by atoms with van der Waals surface area (Å²) in [5.41, 5.74) is 2.23. The summed E-state index contributed by atoms with van der Waals surface area (Å²) in [5.74, 6) is 0.866. The van der Waals surface area contributed by atoms with E-state index in [0.29, 0.717) is 0 Å². The SMILES string of the molecule is COc1ccccc1/C=C/C=NN1CCN(Cc2ccccc2Cl)CC1.Cl. The normalized spacial score (nSPS) is 15.3. The monoisotopic (exact) mass is 405 g/mol. The van der Waals surface area contributed by atoms with Gasteiger partial charge in [0.1, 0.15) is 5.75 Å². The molecule has 1 aliphatic rings. The molecule has 1 aliphatic heterocycles. The maximum atomic E-state index is 6.25. The van der Waals surface area contributed by atoms with Gasteiger partial charge in [0, 0.05) is 49.5 Å². The minimum Gasteiger partial charge on any atom is -0.496 e. The van der Waals surface area contributed by atoms with Crippen LogP contribution in [-0.2, 0) is 6.54 Å². The number of para-hydroxylation sites is 1. The summed E-state index contributed by atoms with van der Waals surface area (Å²) >= 11 is 6.25. The van der Waals surface area contributed by atoms with E-state index in [2.05, 4.69) is 21.1 Å². The lowest BCUT2D eigenvalue weighted by Gasteiger charge is -2.33. The first-order valence-electron chi connectivity index (χ1n) is 8.80. The fourth-order valence-electron chi connectivity index (χ4n) is 2.96. The third-order valence-corrected chi connectivity index (χ3v) is 4.80. The van der Waals surface area contributed by atoms with E-state index in [9.17, 15) is 0 Å². The van der Waals surface area contributed by atoms with Gasteiger partial charge >= 0.3 is 0 Å². The Balaban J connectivity index is 0.00000261. The number of allylic oxidation sites excluding steroid dienone is 1. The number of piperazine rings is 1. The molecule has 0 atom stereocenters.